The van der Waals surface area contributed by atoms with Crippen LogP contribution in [-0.4, -0.2) is 15.0 Å². The van der Waals surface area contributed by atoms with Crippen LogP contribution in [0.25, 0.3) is 77.0 Å². The lowest BCUT2D eigenvalue weighted by molar-refractivity contribution is 1.37. The molecule has 3 aromatic heterocycles. The maximum absolute atomic E-state index is 5.30. The molecule has 0 atom stereocenters. The van der Waals surface area contributed by atoms with Gasteiger partial charge in [-0.3, -0.25) is 9.97 Å². The molecule has 186 valence electrons. The van der Waals surface area contributed by atoms with Crippen LogP contribution in [0.2, 0.25) is 0 Å². The zero-order valence-electron chi connectivity index (χ0n) is 21.6. The van der Waals surface area contributed by atoms with E-state index < -0.39 is 0 Å². The van der Waals surface area contributed by atoms with Crippen LogP contribution in [0, 0.1) is 0 Å². The van der Waals surface area contributed by atoms with Crippen molar-refractivity contribution in [3.63, 3.8) is 0 Å². The second kappa shape index (κ2) is 9.11. The van der Waals surface area contributed by atoms with Gasteiger partial charge in [-0.15, -0.1) is 0 Å². The number of aromatic nitrogens is 3. The molecule has 8 rings (SSSR count). The molecular weight excluding hydrogens is 486 g/mol. The summed E-state index contributed by atoms with van der Waals surface area (Å²) in [6, 6.07) is 44.8. The molecule has 0 saturated heterocycles. The highest BCUT2D eigenvalue weighted by molar-refractivity contribution is 6.12. The van der Waals surface area contributed by atoms with Crippen molar-refractivity contribution in [2.24, 2.45) is 0 Å². The van der Waals surface area contributed by atoms with Crippen LogP contribution in [0.3, 0.4) is 0 Å². The van der Waals surface area contributed by atoms with E-state index >= 15 is 0 Å². The lowest BCUT2D eigenvalue weighted by atomic mass is 9.93. The molecular formula is C37H23N3. The predicted molar refractivity (Wildman–Crippen MR) is 166 cm³/mol. The summed E-state index contributed by atoms with van der Waals surface area (Å²) in [7, 11) is 0. The third kappa shape index (κ3) is 3.63. The standard InChI is InChI=1S/C37H23N3/c1-2-9-24(10-3-1)34-30-15-5-4-11-25(30)22-29-17-18-33(40-35(29)34)27-13-6-12-26(21-27)32-23-28-14-7-19-38-36(28)37-31(32)16-8-20-39-37/h1-23H. The van der Waals surface area contributed by atoms with Crippen LogP contribution in [0.1, 0.15) is 0 Å². The highest BCUT2D eigenvalue weighted by Crippen LogP contribution is 2.38. The molecule has 0 amide bonds. The summed E-state index contributed by atoms with van der Waals surface area (Å²) in [6.45, 7) is 0. The zero-order chi connectivity index (χ0) is 26.5. The molecule has 0 bridgehead atoms. The molecule has 3 nitrogen and oxygen atoms in total. The van der Waals surface area contributed by atoms with Crippen molar-refractivity contribution in [3.8, 4) is 33.5 Å². The van der Waals surface area contributed by atoms with Crippen LogP contribution in [0.4, 0.5) is 0 Å². The average Bonchev–Trinajstić information content (AvgIpc) is 3.03. The molecule has 40 heavy (non-hydrogen) atoms. The fourth-order valence-corrected chi connectivity index (χ4v) is 5.85. The monoisotopic (exact) mass is 509 g/mol. The summed E-state index contributed by atoms with van der Waals surface area (Å²) >= 11 is 0. The summed E-state index contributed by atoms with van der Waals surface area (Å²) in [6.07, 6.45) is 3.67. The van der Waals surface area contributed by atoms with E-state index in [-0.39, 0.29) is 0 Å². The van der Waals surface area contributed by atoms with Crippen LogP contribution in [-0.2, 0) is 0 Å². The summed E-state index contributed by atoms with van der Waals surface area (Å²) in [5.41, 5.74) is 9.50. The van der Waals surface area contributed by atoms with Crippen molar-refractivity contribution in [2.75, 3.05) is 0 Å². The molecule has 0 unspecified atom stereocenters. The van der Waals surface area contributed by atoms with E-state index in [4.69, 9.17) is 9.97 Å². The highest BCUT2D eigenvalue weighted by Gasteiger charge is 2.14. The van der Waals surface area contributed by atoms with Gasteiger partial charge in [-0.05, 0) is 63.9 Å². The van der Waals surface area contributed by atoms with Gasteiger partial charge in [-0.2, -0.15) is 0 Å². The van der Waals surface area contributed by atoms with Gasteiger partial charge in [0, 0.05) is 39.7 Å². The SMILES string of the molecule is c1ccc(-c2c3ccccc3cc3ccc(-c4cccc(-c5cc6cccnc6c6ncccc56)c4)nc23)cc1. The maximum Gasteiger partial charge on any atom is 0.0970 e. The first kappa shape index (κ1) is 22.6. The molecule has 0 radical (unpaired) electrons. The Kier molecular flexibility index (Phi) is 5.14. The van der Waals surface area contributed by atoms with Gasteiger partial charge in [0.15, 0.2) is 0 Å². The molecule has 0 aliphatic carbocycles. The van der Waals surface area contributed by atoms with E-state index in [1.54, 1.807) is 0 Å². The molecule has 8 aromatic rings. The van der Waals surface area contributed by atoms with Gasteiger partial charge in [0.1, 0.15) is 0 Å². The van der Waals surface area contributed by atoms with Crippen molar-refractivity contribution >= 4 is 43.5 Å². The third-order valence-electron chi connectivity index (χ3n) is 7.70. The van der Waals surface area contributed by atoms with E-state index in [0.717, 1.165) is 55.1 Å². The Bertz CT molecular complexity index is 2220. The van der Waals surface area contributed by atoms with Crippen LogP contribution >= 0.6 is 0 Å². The molecule has 0 aliphatic rings. The lowest BCUT2D eigenvalue weighted by Crippen LogP contribution is -1.92. The van der Waals surface area contributed by atoms with Gasteiger partial charge in [-0.25, -0.2) is 4.98 Å². The van der Waals surface area contributed by atoms with Gasteiger partial charge < -0.3 is 0 Å². The van der Waals surface area contributed by atoms with Gasteiger partial charge in [0.05, 0.1) is 22.2 Å². The molecule has 0 aliphatic heterocycles. The van der Waals surface area contributed by atoms with Gasteiger partial charge in [0.2, 0.25) is 0 Å². The largest absolute Gasteiger partial charge is 0.254 e. The number of pyridine rings is 3. The highest BCUT2D eigenvalue weighted by atomic mass is 14.7. The van der Waals surface area contributed by atoms with Gasteiger partial charge in [-0.1, -0.05) is 91.0 Å². The third-order valence-corrected chi connectivity index (χ3v) is 7.70. The van der Waals surface area contributed by atoms with Crippen molar-refractivity contribution < 1.29 is 0 Å². The van der Waals surface area contributed by atoms with E-state index in [1.807, 2.05) is 24.5 Å². The summed E-state index contributed by atoms with van der Waals surface area (Å²) in [5, 5.41) is 5.74. The second-order valence-corrected chi connectivity index (χ2v) is 10.1. The molecule has 0 spiro atoms. The minimum absolute atomic E-state index is 0.921. The van der Waals surface area contributed by atoms with Gasteiger partial charge in [0.25, 0.3) is 0 Å². The number of fused-ring (bicyclic) bond motifs is 5. The fourth-order valence-electron chi connectivity index (χ4n) is 5.85. The van der Waals surface area contributed by atoms with Crippen molar-refractivity contribution in [2.45, 2.75) is 0 Å². The predicted octanol–water partition coefficient (Wildman–Crippen LogP) is 9.49. The fraction of sp³-hybridized carbons (Fsp3) is 0. The summed E-state index contributed by atoms with van der Waals surface area (Å²) in [4.78, 5) is 14.6. The second-order valence-electron chi connectivity index (χ2n) is 10.1. The topological polar surface area (TPSA) is 38.7 Å². The summed E-state index contributed by atoms with van der Waals surface area (Å²) in [5.74, 6) is 0. The smallest absolute Gasteiger partial charge is 0.0970 e. The van der Waals surface area contributed by atoms with Crippen LogP contribution < -0.4 is 0 Å². The Morgan fingerprint density at radius 3 is 2.02 bits per heavy atom. The Hall–Kier alpha value is -5.41. The molecule has 3 heteroatoms. The average molecular weight is 510 g/mol. The number of benzene rings is 5. The summed E-state index contributed by atoms with van der Waals surface area (Å²) < 4.78 is 0. The lowest BCUT2D eigenvalue weighted by Gasteiger charge is -2.14. The maximum atomic E-state index is 5.30. The number of hydrogen-bond acceptors (Lipinski definition) is 3. The van der Waals surface area contributed by atoms with Crippen molar-refractivity contribution in [1.82, 2.24) is 15.0 Å². The first-order valence-electron chi connectivity index (χ1n) is 13.4. The molecule has 0 N–H and O–H groups in total. The van der Waals surface area contributed by atoms with E-state index in [2.05, 4.69) is 120 Å². The minimum Gasteiger partial charge on any atom is -0.254 e. The minimum atomic E-state index is 0.921. The number of rotatable bonds is 3. The van der Waals surface area contributed by atoms with Crippen LogP contribution in [0.15, 0.2) is 140 Å². The van der Waals surface area contributed by atoms with E-state index in [0.29, 0.717) is 0 Å². The Labute approximate surface area is 231 Å². The first-order valence-corrected chi connectivity index (χ1v) is 13.4. The normalized spacial score (nSPS) is 11.5. The van der Waals surface area contributed by atoms with Crippen molar-refractivity contribution in [1.29, 1.82) is 0 Å². The van der Waals surface area contributed by atoms with Crippen LogP contribution in [0.5, 0.6) is 0 Å². The van der Waals surface area contributed by atoms with E-state index in [9.17, 15) is 0 Å². The molecule has 0 fully saturated rings. The Morgan fingerprint density at radius 2 is 1.10 bits per heavy atom. The quantitative estimate of drug-likeness (QED) is 0.176. The van der Waals surface area contributed by atoms with Gasteiger partial charge >= 0.3 is 0 Å². The van der Waals surface area contributed by atoms with Crippen molar-refractivity contribution in [3.05, 3.63) is 140 Å². The Balaban J connectivity index is 1.35. The zero-order valence-corrected chi connectivity index (χ0v) is 21.6. The first-order chi connectivity index (χ1) is 19.8. The molecule has 0 saturated carbocycles. The van der Waals surface area contributed by atoms with E-state index in [1.165, 1.54) is 21.9 Å². The molecule has 3 heterocycles. The number of nitrogens with zero attached hydrogens (tertiary/aromatic N) is 3. The number of hydrogen-bond donors (Lipinski definition) is 0. The molecule has 5 aromatic carbocycles. The Morgan fingerprint density at radius 1 is 0.400 bits per heavy atom.